The van der Waals surface area contributed by atoms with Gasteiger partial charge in [0.2, 0.25) is 0 Å². The Bertz CT molecular complexity index is 721. The van der Waals surface area contributed by atoms with Crippen molar-refractivity contribution in [2.24, 2.45) is 0 Å². The fraction of sp³-hybridized carbons (Fsp3) is 0.429. The minimum atomic E-state index is -0.166. The molecule has 6 heteroatoms. The van der Waals surface area contributed by atoms with E-state index in [1.165, 1.54) is 5.69 Å². The van der Waals surface area contributed by atoms with Gasteiger partial charge in [-0.2, -0.15) is 0 Å². The molecule has 1 amide bonds. The van der Waals surface area contributed by atoms with E-state index in [2.05, 4.69) is 58.6 Å². The smallest absolute Gasteiger partial charge is 0.269 e. The molecule has 0 spiro atoms. The molecule has 0 bridgehead atoms. The van der Waals surface area contributed by atoms with Crippen molar-refractivity contribution in [2.75, 3.05) is 36.5 Å². The molecule has 0 aliphatic carbocycles. The van der Waals surface area contributed by atoms with Crippen molar-refractivity contribution in [1.29, 1.82) is 0 Å². The number of carbonyl (C=O) groups excluding carboxylic acids is 1. The highest BCUT2D eigenvalue weighted by molar-refractivity contribution is 5.92. The van der Waals surface area contributed by atoms with E-state index in [-0.39, 0.29) is 12.0 Å². The highest BCUT2D eigenvalue weighted by Gasteiger charge is 2.17. The van der Waals surface area contributed by atoms with Crippen LogP contribution in [0, 0.1) is 0 Å². The van der Waals surface area contributed by atoms with Crippen molar-refractivity contribution in [3.8, 4) is 0 Å². The molecular weight excluding hydrogens is 340 g/mol. The Hall–Kier alpha value is -2.60. The highest BCUT2D eigenvalue weighted by Crippen LogP contribution is 2.21. The second-order valence-corrected chi connectivity index (χ2v) is 6.62. The van der Waals surface area contributed by atoms with Crippen molar-refractivity contribution in [3.05, 3.63) is 48.3 Å². The molecule has 0 saturated carbocycles. The van der Waals surface area contributed by atoms with Gasteiger partial charge < -0.3 is 20.3 Å². The lowest BCUT2D eigenvalue weighted by Gasteiger charge is -2.21. The van der Waals surface area contributed by atoms with Crippen LogP contribution in [0.3, 0.4) is 0 Å². The van der Waals surface area contributed by atoms with Gasteiger partial charge >= 0.3 is 0 Å². The second-order valence-electron chi connectivity index (χ2n) is 6.62. The van der Waals surface area contributed by atoms with Gasteiger partial charge in [-0.25, -0.2) is 4.98 Å². The Kier molecular flexibility index (Phi) is 6.65. The zero-order valence-electron chi connectivity index (χ0n) is 16.1. The molecule has 27 heavy (non-hydrogen) atoms. The highest BCUT2D eigenvalue weighted by atomic mass is 16.5. The minimum Gasteiger partial charge on any atom is -0.376 e. The van der Waals surface area contributed by atoms with Crippen LogP contribution < -0.4 is 15.5 Å². The van der Waals surface area contributed by atoms with Gasteiger partial charge in [0.1, 0.15) is 5.69 Å². The van der Waals surface area contributed by atoms with E-state index in [1.54, 1.807) is 12.3 Å². The summed E-state index contributed by atoms with van der Waals surface area (Å²) < 4.78 is 5.51. The summed E-state index contributed by atoms with van der Waals surface area (Å²) in [5, 5.41) is 6.20. The Morgan fingerprint density at radius 1 is 1.15 bits per heavy atom. The Morgan fingerprint density at radius 2 is 1.89 bits per heavy atom. The van der Waals surface area contributed by atoms with Crippen LogP contribution in [0.15, 0.2) is 42.6 Å². The molecule has 1 aromatic carbocycles. The van der Waals surface area contributed by atoms with Crippen LogP contribution in [-0.2, 0) is 4.74 Å². The second kappa shape index (κ2) is 9.37. The zero-order chi connectivity index (χ0) is 19.1. The van der Waals surface area contributed by atoms with Gasteiger partial charge in [0.25, 0.3) is 5.91 Å². The number of carbonyl (C=O) groups is 1. The zero-order valence-corrected chi connectivity index (χ0v) is 16.1. The topological polar surface area (TPSA) is 66.5 Å². The molecule has 144 valence electrons. The fourth-order valence-corrected chi connectivity index (χ4v) is 3.22. The number of nitrogens with one attached hydrogen (secondary N) is 2. The average Bonchev–Trinajstić information content (AvgIpc) is 3.22. The molecular formula is C21H28N4O2. The maximum Gasteiger partial charge on any atom is 0.269 e. The van der Waals surface area contributed by atoms with E-state index in [0.717, 1.165) is 43.9 Å². The Morgan fingerprint density at radius 3 is 2.48 bits per heavy atom. The number of benzene rings is 1. The van der Waals surface area contributed by atoms with E-state index in [4.69, 9.17) is 4.74 Å². The summed E-state index contributed by atoms with van der Waals surface area (Å²) in [6.45, 7) is 7.61. The van der Waals surface area contributed by atoms with Gasteiger partial charge in [0, 0.05) is 37.6 Å². The summed E-state index contributed by atoms with van der Waals surface area (Å²) in [6, 6.07) is 11.9. The maximum atomic E-state index is 12.2. The van der Waals surface area contributed by atoms with E-state index < -0.39 is 0 Å². The van der Waals surface area contributed by atoms with Crippen LogP contribution >= 0.6 is 0 Å². The normalized spacial score (nSPS) is 16.1. The molecule has 1 fully saturated rings. The third-order valence-electron chi connectivity index (χ3n) is 4.79. The van der Waals surface area contributed by atoms with E-state index >= 15 is 0 Å². The van der Waals surface area contributed by atoms with Crippen molar-refractivity contribution in [3.63, 3.8) is 0 Å². The molecule has 1 atom stereocenters. The lowest BCUT2D eigenvalue weighted by Crippen LogP contribution is -2.32. The fourth-order valence-electron chi connectivity index (χ4n) is 3.22. The first-order chi connectivity index (χ1) is 13.2. The molecule has 1 unspecified atom stereocenters. The predicted molar refractivity (Wildman–Crippen MR) is 109 cm³/mol. The number of aromatic nitrogens is 1. The minimum absolute atomic E-state index is 0.134. The molecule has 6 nitrogen and oxygen atoms in total. The van der Waals surface area contributed by atoms with Crippen LogP contribution in [0.5, 0.6) is 0 Å². The molecule has 2 heterocycles. The standard InChI is InChI=1S/C21H28N4O2/c1-3-25(4-2)18-10-7-16(8-11-18)24-17-9-12-20(22-14-17)21(26)23-15-19-6-5-13-27-19/h7-12,14,19,24H,3-6,13,15H2,1-2H3,(H,23,26). The lowest BCUT2D eigenvalue weighted by molar-refractivity contribution is 0.0854. The largest absolute Gasteiger partial charge is 0.376 e. The summed E-state index contributed by atoms with van der Waals surface area (Å²) in [5.41, 5.74) is 3.46. The van der Waals surface area contributed by atoms with Crippen molar-refractivity contribution in [1.82, 2.24) is 10.3 Å². The summed E-state index contributed by atoms with van der Waals surface area (Å²) in [5.74, 6) is -0.166. The number of nitrogens with zero attached hydrogens (tertiary/aromatic N) is 2. The monoisotopic (exact) mass is 368 g/mol. The molecule has 1 aliphatic rings. The van der Waals surface area contributed by atoms with Gasteiger partial charge in [0.05, 0.1) is 18.0 Å². The number of pyridine rings is 1. The number of hydrogen-bond acceptors (Lipinski definition) is 5. The van der Waals surface area contributed by atoms with E-state index in [9.17, 15) is 4.79 Å². The number of ether oxygens (including phenoxy) is 1. The molecule has 2 aromatic rings. The summed E-state index contributed by atoms with van der Waals surface area (Å²) >= 11 is 0. The quantitative estimate of drug-likeness (QED) is 0.745. The Labute approximate surface area is 160 Å². The maximum absolute atomic E-state index is 12.2. The first-order valence-electron chi connectivity index (χ1n) is 9.67. The third-order valence-corrected chi connectivity index (χ3v) is 4.79. The van der Waals surface area contributed by atoms with Crippen LogP contribution in [0.2, 0.25) is 0 Å². The SMILES string of the molecule is CCN(CC)c1ccc(Nc2ccc(C(=O)NCC3CCCO3)nc2)cc1. The van der Waals surface area contributed by atoms with E-state index in [1.807, 2.05) is 6.07 Å². The van der Waals surface area contributed by atoms with Gasteiger partial charge in [-0.05, 0) is 63.1 Å². The number of rotatable bonds is 8. The third kappa shape index (κ3) is 5.20. The van der Waals surface area contributed by atoms with Gasteiger partial charge in [-0.1, -0.05) is 0 Å². The number of anilines is 3. The molecule has 2 N–H and O–H groups in total. The molecule has 1 aromatic heterocycles. The van der Waals surface area contributed by atoms with Gasteiger partial charge in [-0.15, -0.1) is 0 Å². The number of hydrogen-bond donors (Lipinski definition) is 2. The van der Waals surface area contributed by atoms with Crippen molar-refractivity contribution >= 4 is 23.0 Å². The average molecular weight is 368 g/mol. The van der Waals surface area contributed by atoms with Crippen LogP contribution in [0.1, 0.15) is 37.2 Å². The van der Waals surface area contributed by atoms with E-state index in [0.29, 0.717) is 12.2 Å². The lowest BCUT2D eigenvalue weighted by atomic mass is 10.2. The molecule has 1 saturated heterocycles. The summed E-state index contributed by atoms with van der Waals surface area (Å²) in [7, 11) is 0. The predicted octanol–water partition coefficient (Wildman–Crippen LogP) is 3.58. The summed E-state index contributed by atoms with van der Waals surface area (Å²) in [4.78, 5) is 18.7. The summed E-state index contributed by atoms with van der Waals surface area (Å²) in [6.07, 6.45) is 3.88. The van der Waals surface area contributed by atoms with Gasteiger partial charge in [0.15, 0.2) is 0 Å². The van der Waals surface area contributed by atoms with Gasteiger partial charge in [-0.3, -0.25) is 4.79 Å². The van der Waals surface area contributed by atoms with Crippen molar-refractivity contribution < 1.29 is 9.53 Å². The Balaban J connectivity index is 1.54. The van der Waals surface area contributed by atoms with Crippen LogP contribution in [0.25, 0.3) is 0 Å². The van der Waals surface area contributed by atoms with Crippen molar-refractivity contribution in [2.45, 2.75) is 32.8 Å². The molecule has 0 radical (unpaired) electrons. The van der Waals surface area contributed by atoms with Crippen LogP contribution in [0.4, 0.5) is 17.1 Å². The molecule has 1 aliphatic heterocycles. The first-order valence-corrected chi connectivity index (χ1v) is 9.67. The van der Waals surface area contributed by atoms with Crippen LogP contribution in [-0.4, -0.2) is 43.2 Å². The number of amides is 1. The first kappa shape index (κ1) is 19.2. The molecule has 3 rings (SSSR count).